The molecule has 0 radical (unpaired) electrons. The van der Waals surface area contributed by atoms with Crippen molar-refractivity contribution in [2.45, 2.75) is 13.0 Å². The van der Waals surface area contributed by atoms with E-state index in [1.54, 1.807) is 50.6 Å². The van der Waals surface area contributed by atoms with Gasteiger partial charge in [0.1, 0.15) is 11.6 Å². The van der Waals surface area contributed by atoms with E-state index < -0.39 is 15.8 Å². The van der Waals surface area contributed by atoms with Crippen LogP contribution in [0.5, 0.6) is 17.2 Å². The molecule has 0 bridgehead atoms. The van der Waals surface area contributed by atoms with E-state index in [9.17, 15) is 17.6 Å². The van der Waals surface area contributed by atoms with Crippen molar-refractivity contribution in [1.29, 1.82) is 0 Å². The maximum atomic E-state index is 14.1. The Bertz CT molecular complexity index is 1280. The zero-order valence-corrected chi connectivity index (χ0v) is 21.2. The smallest absolute Gasteiger partial charge is 0.257 e. The molecule has 10 heteroatoms. The van der Waals surface area contributed by atoms with E-state index in [0.29, 0.717) is 35.9 Å². The molecule has 0 saturated heterocycles. The fraction of sp³-hybridized carbons (Fsp3) is 0.269. The number of sulfonamides is 1. The van der Waals surface area contributed by atoms with E-state index in [4.69, 9.17) is 14.2 Å². The van der Waals surface area contributed by atoms with E-state index in [0.717, 1.165) is 16.1 Å². The molecule has 3 rings (SSSR count). The first kappa shape index (κ1) is 26.8. The van der Waals surface area contributed by atoms with Crippen LogP contribution in [0.15, 0.2) is 66.7 Å². The van der Waals surface area contributed by atoms with Crippen molar-refractivity contribution in [3.8, 4) is 17.2 Å². The average molecular weight is 517 g/mol. The van der Waals surface area contributed by atoms with E-state index in [1.807, 2.05) is 18.2 Å². The van der Waals surface area contributed by atoms with Gasteiger partial charge in [-0.3, -0.25) is 9.10 Å². The Morgan fingerprint density at radius 3 is 2.31 bits per heavy atom. The summed E-state index contributed by atoms with van der Waals surface area (Å²) >= 11 is 0. The van der Waals surface area contributed by atoms with Gasteiger partial charge >= 0.3 is 0 Å². The molecule has 0 saturated carbocycles. The second-order valence-corrected chi connectivity index (χ2v) is 9.84. The highest BCUT2D eigenvalue weighted by atomic mass is 32.2. The van der Waals surface area contributed by atoms with Crippen molar-refractivity contribution < 1.29 is 31.8 Å². The van der Waals surface area contributed by atoms with E-state index in [1.165, 1.54) is 12.1 Å². The molecule has 0 fully saturated rings. The van der Waals surface area contributed by atoms with Crippen molar-refractivity contribution in [1.82, 2.24) is 5.32 Å². The van der Waals surface area contributed by atoms with E-state index >= 15 is 0 Å². The zero-order chi connectivity index (χ0) is 26.1. The molecule has 0 atom stereocenters. The highest BCUT2D eigenvalue weighted by Crippen LogP contribution is 2.27. The van der Waals surface area contributed by atoms with Crippen molar-refractivity contribution in [2.75, 3.05) is 37.9 Å². The number of benzene rings is 3. The fourth-order valence-electron chi connectivity index (χ4n) is 3.47. The van der Waals surface area contributed by atoms with Crippen molar-refractivity contribution >= 4 is 21.6 Å². The Labute approximate surface area is 210 Å². The lowest BCUT2D eigenvalue weighted by Crippen LogP contribution is -2.30. The Morgan fingerprint density at radius 2 is 1.67 bits per heavy atom. The lowest BCUT2D eigenvalue weighted by Gasteiger charge is -2.23. The maximum absolute atomic E-state index is 14.1. The van der Waals surface area contributed by atoms with Gasteiger partial charge in [0.05, 0.1) is 32.7 Å². The first-order valence-electron chi connectivity index (χ1n) is 11.1. The Kier molecular flexibility index (Phi) is 9.13. The molecule has 36 heavy (non-hydrogen) atoms. The quantitative estimate of drug-likeness (QED) is 0.396. The highest BCUT2D eigenvalue weighted by Gasteiger charge is 2.19. The minimum Gasteiger partial charge on any atom is -0.493 e. The fourth-order valence-corrected chi connectivity index (χ4v) is 4.35. The van der Waals surface area contributed by atoms with Crippen molar-refractivity contribution in [3.63, 3.8) is 0 Å². The van der Waals surface area contributed by atoms with Gasteiger partial charge in [-0.2, -0.15) is 0 Å². The van der Waals surface area contributed by atoms with Crippen LogP contribution in [0, 0.1) is 5.82 Å². The molecule has 0 spiro atoms. The first-order chi connectivity index (χ1) is 17.2. The Morgan fingerprint density at radius 1 is 0.972 bits per heavy atom. The summed E-state index contributed by atoms with van der Waals surface area (Å²) in [6, 6.07) is 17.8. The summed E-state index contributed by atoms with van der Waals surface area (Å²) in [6.07, 6.45) is 1.66. The molecule has 0 heterocycles. The maximum Gasteiger partial charge on any atom is 0.257 e. The largest absolute Gasteiger partial charge is 0.493 e. The minimum atomic E-state index is -3.67. The zero-order valence-electron chi connectivity index (χ0n) is 20.4. The molecule has 192 valence electrons. The lowest BCUT2D eigenvalue weighted by atomic mass is 10.1. The predicted molar refractivity (Wildman–Crippen MR) is 136 cm³/mol. The monoisotopic (exact) mass is 516 g/mol. The number of nitrogens with one attached hydrogen (secondary N) is 1. The summed E-state index contributed by atoms with van der Waals surface area (Å²) in [5, 5.41) is 2.79. The lowest BCUT2D eigenvalue weighted by molar-refractivity contribution is -0.123. The third-order valence-electron chi connectivity index (χ3n) is 5.35. The topological polar surface area (TPSA) is 94.2 Å². The minimum absolute atomic E-state index is 0.145. The van der Waals surface area contributed by atoms with Crippen LogP contribution < -0.4 is 23.8 Å². The van der Waals surface area contributed by atoms with Crippen LogP contribution in [0.3, 0.4) is 0 Å². The van der Waals surface area contributed by atoms with Crippen LogP contribution in [0.1, 0.15) is 11.1 Å². The van der Waals surface area contributed by atoms with E-state index in [-0.39, 0.29) is 24.6 Å². The summed E-state index contributed by atoms with van der Waals surface area (Å²) in [5.74, 6) is 0.876. The number of carbonyl (C=O) groups excluding carboxylic acids is 1. The molecule has 1 N–H and O–H groups in total. The van der Waals surface area contributed by atoms with Gasteiger partial charge in [-0.15, -0.1) is 0 Å². The van der Waals surface area contributed by atoms with Crippen LogP contribution in [0.2, 0.25) is 0 Å². The van der Waals surface area contributed by atoms with Crippen LogP contribution in [0.4, 0.5) is 10.1 Å². The predicted octanol–water partition coefficient (Wildman–Crippen LogP) is 3.55. The molecule has 0 aliphatic heterocycles. The SMILES string of the molecule is COc1ccc(CCNC(=O)COc2ccc(N(Cc3ccccc3F)S(C)(=O)=O)cc2)cc1OC. The second-order valence-electron chi connectivity index (χ2n) is 7.93. The van der Waals surface area contributed by atoms with Crippen LogP contribution in [0.25, 0.3) is 0 Å². The molecule has 8 nitrogen and oxygen atoms in total. The number of rotatable bonds is 12. The molecule has 3 aromatic rings. The summed E-state index contributed by atoms with van der Waals surface area (Å²) in [4.78, 5) is 12.2. The van der Waals surface area contributed by atoms with Gasteiger partial charge < -0.3 is 19.5 Å². The van der Waals surface area contributed by atoms with Crippen LogP contribution >= 0.6 is 0 Å². The normalized spacial score (nSPS) is 11.0. The number of methoxy groups -OCH3 is 2. The number of hydrogen-bond donors (Lipinski definition) is 1. The van der Waals surface area contributed by atoms with Gasteiger partial charge in [0.2, 0.25) is 10.0 Å². The number of hydrogen-bond acceptors (Lipinski definition) is 6. The summed E-state index contributed by atoms with van der Waals surface area (Å²) in [5.41, 5.74) is 1.59. The number of amides is 1. The van der Waals surface area contributed by atoms with Gasteiger partial charge in [0, 0.05) is 12.1 Å². The Balaban J connectivity index is 1.53. The molecule has 0 aromatic heterocycles. The standard InChI is InChI=1S/C26H29FN2O6S/c1-33-24-13-8-19(16-25(24)34-2)14-15-28-26(30)18-35-22-11-9-21(10-12-22)29(36(3,31)32)17-20-6-4-5-7-23(20)27/h4-13,16H,14-15,17-18H2,1-3H3,(H,28,30). The van der Waals surface area contributed by atoms with Crippen molar-refractivity contribution in [3.05, 3.63) is 83.7 Å². The third-order valence-corrected chi connectivity index (χ3v) is 6.49. The molecular formula is C26H29FN2O6S. The number of anilines is 1. The Hall–Kier alpha value is -3.79. The van der Waals surface area contributed by atoms with Crippen LogP contribution in [-0.2, 0) is 27.8 Å². The number of halogens is 1. The summed E-state index contributed by atoms with van der Waals surface area (Å²) in [6.45, 7) is 0.0699. The van der Waals surface area contributed by atoms with Crippen molar-refractivity contribution in [2.24, 2.45) is 0 Å². The summed E-state index contributed by atoms with van der Waals surface area (Å²) in [7, 11) is -0.533. The average Bonchev–Trinajstić information content (AvgIpc) is 2.86. The van der Waals surface area contributed by atoms with Gasteiger partial charge in [-0.05, 0) is 54.4 Å². The van der Waals surface area contributed by atoms with Gasteiger partial charge in [-0.25, -0.2) is 12.8 Å². The second kappa shape index (κ2) is 12.3. The van der Waals surface area contributed by atoms with E-state index in [2.05, 4.69) is 5.32 Å². The molecule has 1 amide bonds. The number of nitrogens with zero attached hydrogens (tertiary/aromatic N) is 1. The molecule has 0 aliphatic carbocycles. The third kappa shape index (κ3) is 7.35. The van der Waals surface area contributed by atoms with Gasteiger partial charge in [-0.1, -0.05) is 24.3 Å². The first-order valence-corrected chi connectivity index (χ1v) is 13.0. The highest BCUT2D eigenvalue weighted by molar-refractivity contribution is 7.92. The molecule has 0 unspecified atom stereocenters. The van der Waals surface area contributed by atoms with Gasteiger partial charge in [0.25, 0.3) is 5.91 Å². The van der Waals surface area contributed by atoms with Crippen LogP contribution in [-0.4, -0.2) is 48.0 Å². The molecular weight excluding hydrogens is 487 g/mol. The number of ether oxygens (including phenoxy) is 3. The summed E-state index contributed by atoms with van der Waals surface area (Å²) < 4.78 is 55.8. The number of carbonyl (C=O) groups is 1. The molecule has 0 aliphatic rings. The molecule has 3 aromatic carbocycles. The van der Waals surface area contributed by atoms with Gasteiger partial charge in [0.15, 0.2) is 18.1 Å².